The number of aryl methyl sites for hydroxylation is 1. The van der Waals surface area contributed by atoms with E-state index in [1.165, 1.54) is 6.26 Å². The molecule has 1 atom stereocenters. The second-order valence-electron chi connectivity index (χ2n) is 5.00. The molecule has 1 unspecified atom stereocenters. The van der Waals surface area contributed by atoms with Crippen LogP contribution in [-0.4, -0.2) is 29.2 Å². The first-order valence-electron chi connectivity index (χ1n) is 6.43. The maximum atomic E-state index is 12.4. The molecule has 18 heavy (non-hydrogen) atoms. The van der Waals surface area contributed by atoms with Crippen LogP contribution in [0.15, 0.2) is 16.7 Å². The Hall–Kier alpha value is -1.58. The summed E-state index contributed by atoms with van der Waals surface area (Å²) in [7, 11) is 0. The van der Waals surface area contributed by atoms with Crippen LogP contribution in [-0.2, 0) is 4.79 Å². The van der Waals surface area contributed by atoms with Gasteiger partial charge in [-0.1, -0.05) is 0 Å². The fourth-order valence-electron chi connectivity index (χ4n) is 2.53. The molecule has 0 aliphatic carbocycles. The summed E-state index contributed by atoms with van der Waals surface area (Å²) in [6.45, 7) is 4.14. The topological polar surface area (TPSA) is 50.5 Å². The van der Waals surface area contributed by atoms with Crippen LogP contribution in [0.4, 0.5) is 0 Å². The van der Waals surface area contributed by atoms with Gasteiger partial charge in [0.1, 0.15) is 17.8 Å². The van der Waals surface area contributed by atoms with E-state index in [4.69, 9.17) is 4.42 Å². The molecule has 0 radical (unpaired) electrons. The monoisotopic (exact) mass is 249 g/mol. The number of carbonyl (C=O) groups excluding carboxylic acids is 2. The molecule has 1 aliphatic rings. The molecule has 0 N–H and O–H groups in total. The molecule has 0 bridgehead atoms. The highest BCUT2D eigenvalue weighted by Crippen LogP contribution is 2.22. The molecule has 0 aromatic carbocycles. The third kappa shape index (κ3) is 2.81. The summed E-state index contributed by atoms with van der Waals surface area (Å²) >= 11 is 0. The number of piperidine rings is 1. The summed E-state index contributed by atoms with van der Waals surface area (Å²) in [4.78, 5) is 25.5. The second kappa shape index (κ2) is 5.38. The van der Waals surface area contributed by atoms with Crippen molar-refractivity contribution in [1.29, 1.82) is 0 Å². The zero-order valence-corrected chi connectivity index (χ0v) is 10.9. The van der Waals surface area contributed by atoms with Gasteiger partial charge in [0.05, 0.1) is 5.56 Å². The molecule has 2 rings (SSSR count). The lowest BCUT2D eigenvalue weighted by atomic mass is 9.97. The molecule has 1 aromatic heterocycles. The number of rotatable bonds is 3. The molecule has 2 heterocycles. The van der Waals surface area contributed by atoms with E-state index in [2.05, 4.69) is 0 Å². The third-order valence-electron chi connectivity index (χ3n) is 3.39. The standard InChI is InChI=1S/C14H19NO3/c1-10(16)7-13-5-3-4-6-15(13)14(17)12-8-11(2)18-9-12/h8-9,13H,3-7H2,1-2H3. The summed E-state index contributed by atoms with van der Waals surface area (Å²) < 4.78 is 5.18. The van der Waals surface area contributed by atoms with Gasteiger partial charge >= 0.3 is 0 Å². The van der Waals surface area contributed by atoms with Gasteiger partial charge in [0.2, 0.25) is 0 Å². The summed E-state index contributed by atoms with van der Waals surface area (Å²) in [5, 5.41) is 0. The summed E-state index contributed by atoms with van der Waals surface area (Å²) in [6.07, 6.45) is 4.98. The number of hydrogen-bond donors (Lipinski definition) is 0. The maximum absolute atomic E-state index is 12.4. The van der Waals surface area contributed by atoms with Gasteiger partial charge in [-0.15, -0.1) is 0 Å². The quantitative estimate of drug-likeness (QED) is 0.827. The Balaban J connectivity index is 2.13. The van der Waals surface area contributed by atoms with Crippen LogP contribution in [0.1, 0.15) is 48.7 Å². The first kappa shape index (κ1) is 12.9. The molecule has 0 saturated carbocycles. The Bertz CT molecular complexity index is 450. The number of furan rings is 1. The lowest BCUT2D eigenvalue weighted by Gasteiger charge is -2.35. The van der Waals surface area contributed by atoms with Crippen LogP contribution in [0.25, 0.3) is 0 Å². The normalized spacial score (nSPS) is 19.9. The number of carbonyl (C=O) groups is 2. The fourth-order valence-corrected chi connectivity index (χ4v) is 2.53. The highest BCUT2D eigenvalue weighted by atomic mass is 16.3. The molecular weight excluding hydrogens is 230 g/mol. The van der Waals surface area contributed by atoms with Crippen molar-refractivity contribution in [2.45, 2.75) is 45.6 Å². The largest absolute Gasteiger partial charge is 0.469 e. The summed E-state index contributed by atoms with van der Waals surface area (Å²) in [5.74, 6) is 0.861. The van der Waals surface area contributed by atoms with E-state index in [-0.39, 0.29) is 17.7 Å². The van der Waals surface area contributed by atoms with Crippen molar-refractivity contribution in [3.05, 3.63) is 23.7 Å². The second-order valence-corrected chi connectivity index (χ2v) is 5.00. The van der Waals surface area contributed by atoms with Gasteiger partial charge in [-0.25, -0.2) is 0 Å². The van der Waals surface area contributed by atoms with Crippen LogP contribution in [0.2, 0.25) is 0 Å². The number of ketones is 1. The van der Waals surface area contributed by atoms with Gasteiger partial charge in [0.25, 0.3) is 5.91 Å². The zero-order valence-electron chi connectivity index (χ0n) is 10.9. The van der Waals surface area contributed by atoms with E-state index in [0.29, 0.717) is 12.0 Å². The zero-order chi connectivity index (χ0) is 13.1. The van der Waals surface area contributed by atoms with Gasteiger partial charge in [-0.2, -0.15) is 0 Å². The van der Waals surface area contributed by atoms with E-state index in [1.54, 1.807) is 13.0 Å². The number of likely N-dealkylation sites (tertiary alicyclic amines) is 1. The van der Waals surface area contributed by atoms with Crippen molar-refractivity contribution >= 4 is 11.7 Å². The van der Waals surface area contributed by atoms with Crippen LogP contribution in [0.5, 0.6) is 0 Å². The molecular formula is C14H19NO3. The minimum Gasteiger partial charge on any atom is -0.469 e. The number of nitrogens with zero attached hydrogens (tertiary/aromatic N) is 1. The Kier molecular flexibility index (Phi) is 3.84. The molecule has 1 aliphatic heterocycles. The van der Waals surface area contributed by atoms with Crippen LogP contribution >= 0.6 is 0 Å². The van der Waals surface area contributed by atoms with Gasteiger partial charge in [-0.05, 0) is 39.2 Å². The predicted octanol–water partition coefficient (Wildman–Crippen LogP) is 2.56. The van der Waals surface area contributed by atoms with E-state index in [1.807, 2.05) is 11.8 Å². The molecule has 4 nitrogen and oxygen atoms in total. The Labute approximate surface area is 107 Å². The van der Waals surface area contributed by atoms with Crippen molar-refractivity contribution in [3.63, 3.8) is 0 Å². The van der Waals surface area contributed by atoms with E-state index < -0.39 is 0 Å². The van der Waals surface area contributed by atoms with Crippen LogP contribution in [0.3, 0.4) is 0 Å². The predicted molar refractivity (Wildman–Crippen MR) is 67.4 cm³/mol. The molecule has 1 saturated heterocycles. The molecule has 1 amide bonds. The number of hydrogen-bond acceptors (Lipinski definition) is 3. The Morgan fingerprint density at radius 2 is 2.22 bits per heavy atom. The molecule has 0 spiro atoms. The minimum absolute atomic E-state index is 0.0159. The Morgan fingerprint density at radius 3 is 2.83 bits per heavy atom. The molecule has 1 fully saturated rings. The van der Waals surface area contributed by atoms with Gasteiger partial charge in [0.15, 0.2) is 0 Å². The van der Waals surface area contributed by atoms with Crippen molar-refractivity contribution in [2.75, 3.05) is 6.54 Å². The van der Waals surface area contributed by atoms with E-state index in [0.717, 1.165) is 31.6 Å². The maximum Gasteiger partial charge on any atom is 0.257 e. The Morgan fingerprint density at radius 1 is 1.44 bits per heavy atom. The van der Waals surface area contributed by atoms with Gasteiger partial charge < -0.3 is 9.32 Å². The van der Waals surface area contributed by atoms with Crippen LogP contribution in [0, 0.1) is 6.92 Å². The minimum atomic E-state index is -0.0159. The van der Waals surface area contributed by atoms with Gasteiger partial charge in [0, 0.05) is 19.0 Å². The third-order valence-corrected chi connectivity index (χ3v) is 3.39. The van der Waals surface area contributed by atoms with Gasteiger partial charge in [-0.3, -0.25) is 9.59 Å². The lowest BCUT2D eigenvalue weighted by Crippen LogP contribution is -2.44. The van der Waals surface area contributed by atoms with Crippen molar-refractivity contribution in [2.24, 2.45) is 0 Å². The SMILES string of the molecule is CC(=O)CC1CCCCN1C(=O)c1coc(C)c1. The van der Waals surface area contributed by atoms with E-state index in [9.17, 15) is 9.59 Å². The highest BCUT2D eigenvalue weighted by molar-refractivity contribution is 5.94. The van der Waals surface area contributed by atoms with Crippen LogP contribution < -0.4 is 0 Å². The summed E-state index contributed by atoms with van der Waals surface area (Å²) in [5.41, 5.74) is 0.586. The highest BCUT2D eigenvalue weighted by Gasteiger charge is 2.28. The number of Topliss-reactive ketones (excluding diaryl/α,β-unsaturated/α-hetero) is 1. The lowest BCUT2D eigenvalue weighted by molar-refractivity contribution is -0.118. The molecule has 98 valence electrons. The summed E-state index contributed by atoms with van der Waals surface area (Å²) in [6, 6.07) is 1.81. The average molecular weight is 249 g/mol. The van der Waals surface area contributed by atoms with Crippen molar-refractivity contribution in [3.8, 4) is 0 Å². The molecule has 4 heteroatoms. The average Bonchev–Trinajstić information content (AvgIpc) is 2.75. The molecule has 1 aromatic rings. The first-order valence-corrected chi connectivity index (χ1v) is 6.43. The first-order chi connectivity index (χ1) is 8.58. The smallest absolute Gasteiger partial charge is 0.257 e. The van der Waals surface area contributed by atoms with E-state index >= 15 is 0 Å². The van der Waals surface area contributed by atoms with Crippen molar-refractivity contribution in [1.82, 2.24) is 4.90 Å². The van der Waals surface area contributed by atoms with Crippen molar-refractivity contribution < 1.29 is 14.0 Å². The fraction of sp³-hybridized carbons (Fsp3) is 0.571. The number of amides is 1.